The number of sulfonamides is 1. The standard InChI is InChI=1S/C18H18ClNO4S/c19-13-9-11-15(12-10-13)25(22,23)20-17-8-4-3-7-16(17)18(21)24-14-5-1-2-6-14/h3-4,7-12,14,20H,1-2,5-6H2. The molecule has 0 spiro atoms. The first-order valence-corrected chi connectivity index (χ1v) is 9.90. The highest BCUT2D eigenvalue weighted by Gasteiger charge is 2.23. The number of carbonyl (C=O) groups excluding carboxylic acids is 1. The Hall–Kier alpha value is -2.05. The van der Waals surface area contributed by atoms with E-state index in [1.807, 2.05) is 0 Å². The lowest BCUT2D eigenvalue weighted by Crippen LogP contribution is -2.19. The number of halogens is 1. The van der Waals surface area contributed by atoms with Crippen molar-refractivity contribution in [3.8, 4) is 0 Å². The van der Waals surface area contributed by atoms with Gasteiger partial charge in [0.05, 0.1) is 16.1 Å². The summed E-state index contributed by atoms with van der Waals surface area (Å²) in [5.41, 5.74) is 0.396. The van der Waals surface area contributed by atoms with Crippen LogP contribution in [0.1, 0.15) is 36.0 Å². The zero-order valence-corrected chi connectivity index (χ0v) is 15.0. The Bertz CT molecular complexity index is 859. The summed E-state index contributed by atoms with van der Waals surface area (Å²) in [6.07, 6.45) is 3.70. The molecular weight excluding hydrogens is 362 g/mol. The van der Waals surface area contributed by atoms with Crippen LogP contribution in [0.25, 0.3) is 0 Å². The summed E-state index contributed by atoms with van der Waals surface area (Å²) in [7, 11) is -3.83. The number of rotatable bonds is 5. The molecular formula is C18H18ClNO4S. The third-order valence-corrected chi connectivity index (χ3v) is 5.72. The van der Waals surface area contributed by atoms with E-state index in [4.69, 9.17) is 16.3 Å². The van der Waals surface area contributed by atoms with Gasteiger partial charge in [0, 0.05) is 5.02 Å². The maximum atomic E-state index is 12.5. The van der Waals surface area contributed by atoms with E-state index in [9.17, 15) is 13.2 Å². The number of para-hydroxylation sites is 1. The average molecular weight is 380 g/mol. The summed E-state index contributed by atoms with van der Waals surface area (Å²) < 4.78 is 33.0. The van der Waals surface area contributed by atoms with E-state index >= 15 is 0 Å². The molecule has 0 amide bonds. The first kappa shape index (κ1) is 17.8. The van der Waals surface area contributed by atoms with Gasteiger partial charge in [0.1, 0.15) is 6.10 Å². The Balaban J connectivity index is 1.82. The molecule has 2 aromatic rings. The molecule has 7 heteroatoms. The van der Waals surface area contributed by atoms with Crippen LogP contribution in [0.3, 0.4) is 0 Å². The molecule has 0 bridgehead atoms. The van der Waals surface area contributed by atoms with Crippen LogP contribution in [0.5, 0.6) is 0 Å². The Morgan fingerprint density at radius 3 is 2.36 bits per heavy atom. The van der Waals surface area contributed by atoms with Gasteiger partial charge < -0.3 is 4.74 Å². The van der Waals surface area contributed by atoms with E-state index < -0.39 is 16.0 Å². The van der Waals surface area contributed by atoms with E-state index in [-0.39, 0.29) is 22.3 Å². The fraction of sp³-hybridized carbons (Fsp3) is 0.278. The Morgan fingerprint density at radius 2 is 1.68 bits per heavy atom. The fourth-order valence-corrected chi connectivity index (χ4v) is 3.99. The largest absolute Gasteiger partial charge is 0.459 e. The summed E-state index contributed by atoms with van der Waals surface area (Å²) in [4.78, 5) is 12.5. The predicted molar refractivity (Wildman–Crippen MR) is 96.4 cm³/mol. The molecule has 0 aliphatic heterocycles. The number of hydrogen-bond acceptors (Lipinski definition) is 4. The normalized spacial score (nSPS) is 15.1. The van der Waals surface area contributed by atoms with Gasteiger partial charge in [-0.05, 0) is 62.1 Å². The molecule has 2 aromatic carbocycles. The van der Waals surface area contributed by atoms with Crippen LogP contribution in [0, 0.1) is 0 Å². The first-order valence-electron chi connectivity index (χ1n) is 8.04. The van der Waals surface area contributed by atoms with Crippen LogP contribution in [0.15, 0.2) is 53.4 Å². The van der Waals surface area contributed by atoms with E-state index in [2.05, 4.69) is 4.72 Å². The molecule has 0 saturated heterocycles. The van der Waals surface area contributed by atoms with Crippen LogP contribution in [0.4, 0.5) is 5.69 Å². The van der Waals surface area contributed by atoms with Gasteiger partial charge >= 0.3 is 5.97 Å². The quantitative estimate of drug-likeness (QED) is 0.788. The van der Waals surface area contributed by atoms with Gasteiger partial charge in [0.15, 0.2) is 0 Å². The number of hydrogen-bond donors (Lipinski definition) is 1. The summed E-state index contributed by atoms with van der Waals surface area (Å²) in [5, 5.41) is 0.444. The van der Waals surface area contributed by atoms with Crippen molar-refractivity contribution in [2.24, 2.45) is 0 Å². The summed E-state index contributed by atoms with van der Waals surface area (Å²) in [6.45, 7) is 0. The summed E-state index contributed by atoms with van der Waals surface area (Å²) in [6, 6.07) is 12.2. The first-order chi connectivity index (χ1) is 12.0. The topological polar surface area (TPSA) is 72.5 Å². The lowest BCUT2D eigenvalue weighted by atomic mass is 10.2. The molecule has 132 valence electrons. The van der Waals surface area contributed by atoms with Gasteiger partial charge in [-0.2, -0.15) is 0 Å². The van der Waals surface area contributed by atoms with Crippen molar-refractivity contribution in [3.63, 3.8) is 0 Å². The van der Waals surface area contributed by atoms with Crippen molar-refractivity contribution in [1.82, 2.24) is 0 Å². The molecule has 0 atom stereocenters. The van der Waals surface area contributed by atoms with E-state index in [1.54, 1.807) is 24.3 Å². The van der Waals surface area contributed by atoms with Crippen LogP contribution in [0.2, 0.25) is 5.02 Å². The number of nitrogens with one attached hydrogen (secondary N) is 1. The highest BCUT2D eigenvalue weighted by Crippen LogP contribution is 2.25. The predicted octanol–water partition coefficient (Wildman–Crippen LogP) is 4.24. The number of ether oxygens (including phenoxy) is 1. The maximum Gasteiger partial charge on any atom is 0.340 e. The second-order valence-electron chi connectivity index (χ2n) is 5.92. The Morgan fingerprint density at radius 1 is 1.04 bits per heavy atom. The minimum atomic E-state index is -3.83. The number of anilines is 1. The zero-order chi connectivity index (χ0) is 17.9. The van der Waals surface area contributed by atoms with E-state index in [0.717, 1.165) is 25.7 Å². The van der Waals surface area contributed by atoms with Gasteiger partial charge in [-0.1, -0.05) is 23.7 Å². The molecule has 5 nitrogen and oxygen atoms in total. The Labute approximate surface area is 152 Å². The van der Waals surface area contributed by atoms with Crippen molar-refractivity contribution in [2.75, 3.05) is 4.72 Å². The number of esters is 1. The average Bonchev–Trinajstić information content (AvgIpc) is 3.08. The monoisotopic (exact) mass is 379 g/mol. The SMILES string of the molecule is O=C(OC1CCCC1)c1ccccc1NS(=O)(=O)c1ccc(Cl)cc1. The van der Waals surface area contributed by atoms with Crippen molar-refractivity contribution >= 4 is 33.3 Å². The van der Waals surface area contributed by atoms with Crippen LogP contribution < -0.4 is 4.72 Å². The van der Waals surface area contributed by atoms with Gasteiger partial charge in [-0.15, -0.1) is 0 Å². The molecule has 0 radical (unpaired) electrons. The van der Waals surface area contributed by atoms with Crippen molar-refractivity contribution < 1.29 is 17.9 Å². The third kappa shape index (κ3) is 4.32. The van der Waals surface area contributed by atoms with Gasteiger partial charge in [-0.3, -0.25) is 4.72 Å². The second kappa shape index (κ2) is 7.45. The molecule has 0 aromatic heterocycles. The second-order valence-corrected chi connectivity index (χ2v) is 8.04. The summed E-state index contributed by atoms with van der Waals surface area (Å²) in [5.74, 6) is -0.513. The number of carbonyl (C=O) groups is 1. The summed E-state index contributed by atoms with van der Waals surface area (Å²) >= 11 is 5.79. The minimum Gasteiger partial charge on any atom is -0.459 e. The Kier molecular flexibility index (Phi) is 5.30. The minimum absolute atomic E-state index is 0.0656. The molecule has 0 heterocycles. The van der Waals surface area contributed by atoms with E-state index in [0.29, 0.717) is 5.02 Å². The van der Waals surface area contributed by atoms with Gasteiger partial charge in [0.25, 0.3) is 10.0 Å². The van der Waals surface area contributed by atoms with Crippen molar-refractivity contribution in [3.05, 3.63) is 59.1 Å². The highest BCUT2D eigenvalue weighted by molar-refractivity contribution is 7.92. The van der Waals surface area contributed by atoms with Crippen molar-refractivity contribution in [2.45, 2.75) is 36.7 Å². The number of benzene rings is 2. The fourth-order valence-electron chi connectivity index (χ4n) is 2.79. The third-order valence-electron chi connectivity index (χ3n) is 4.09. The van der Waals surface area contributed by atoms with Crippen LogP contribution >= 0.6 is 11.6 Å². The molecule has 1 aliphatic rings. The smallest absolute Gasteiger partial charge is 0.340 e. The van der Waals surface area contributed by atoms with Crippen LogP contribution in [-0.4, -0.2) is 20.5 Å². The van der Waals surface area contributed by atoms with Crippen LogP contribution in [-0.2, 0) is 14.8 Å². The van der Waals surface area contributed by atoms with E-state index in [1.165, 1.54) is 24.3 Å². The lowest BCUT2D eigenvalue weighted by molar-refractivity contribution is 0.0319. The molecule has 3 rings (SSSR count). The zero-order valence-electron chi connectivity index (χ0n) is 13.4. The molecule has 1 N–H and O–H groups in total. The van der Waals surface area contributed by atoms with Gasteiger partial charge in [0.2, 0.25) is 0 Å². The molecule has 1 fully saturated rings. The lowest BCUT2D eigenvalue weighted by Gasteiger charge is -2.15. The molecule has 0 unspecified atom stereocenters. The maximum absolute atomic E-state index is 12.5. The molecule has 1 aliphatic carbocycles. The highest BCUT2D eigenvalue weighted by atomic mass is 35.5. The molecule has 1 saturated carbocycles. The molecule has 25 heavy (non-hydrogen) atoms. The van der Waals surface area contributed by atoms with Crippen molar-refractivity contribution in [1.29, 1.82) is 0 Å². The van der Waals surface area contributed by atoms with Gasteiger partial charge in [-0.25, -0.2) is 13.2 Å².